The summed E-state index contributed by atoms with van der Waals surface area (Å²) in [5, 5.41) is 9.69. The van der Waals surface area contributed by atoms with Crippen molar-refractivity contribution in [2.75, 3.05) is 6.54 Å². The normalized spacial score (nSPS) is 16.1. The molecule has 0 radical (unpaired) electrons. The van der Waals surface area contributed by atoms with E-state index >= 15 is 0 Å². The Morgan fingerprint density at radius 1 is 1.67 bits per heavy atom. The van der Waals surface area contributed by atoms with E-state index in [0.29, 0.717) is 5.56 Å². The summed E-state index contributed by atoms with van der Waals surface area (Å²) >= 11 is 0. The standard InChI is InChI=1S/C11H16N4/c1-9(12)15-11(13)14-8-7-10-5-3-2-4-6-10/h2-6H,7-8H2,1H3,(H4,12,13,14,15)/i2D,3D,7D. The lowest BCUT2D eigenvalue weighted by Gasteiger charge is -2.02. The minimum Gasteiger partial charge on any atom is -0.370 e. The van der Waals surface area contributed by atoms with Gasteiger partial charge in [-0.3, -0.25) is 10.4 Å². The van der Waals surface area contributed by atoms with Crippen molar-refractivity contribution in [3.05, 3.63) is 35.8 Å². The van der Waals surface area contributed by atoms with Crippen LogP contribution in [0.1, 0.15) is 16.6 Å². The number of nitrogens with zero attached hydrogens (tertiary/aromatic N) is 1. The zero-order valence-electron chi connectivity index (χ0n) is 11.5. The molecule has 1 rings (SSSR count). The highest BCUT2D eigenvalue weighted by molar-refractivity contribution is 5.96. The van der Waals surface area contributed by atoms with Crippen molar-refractivity contribution in [1.29, 1.82) is 5.41 Å². The second-order valence-electron chi connectivity index (χ2n) is 2.95. The van der Waals surface area contributed by atoms with Gasteiger partial charge in [-0.2, -0.15) is 0 Å². The molecule has 80 valence electrons. The van der Waals surface area contributed by atoms with E-state index in [1.165, 1.54) is 12.1 Å². The van der Waals surface area contributed by atoms with Crippen molar-refractivity contribution in [2.24, 2.45) is 10.7 Å². The number of guanidine groups is 1. The van der Waals surface area contributed by atoms with Crippen molar-refractivity contribution >= 4 is 11.8 Å². The lowest BCUT2D eigenvalue weighted by molar-refractivity contribution is 0.955. The van der Waals surface area contributed by atoms with Gasteiger partial charge in [0.15, 0.2) is 5.96 Å². The molecule has 0 aliphatic heterocycles. The van der Waals surface area contributed by atoms with Crippen LogP contribution in [0.3, 0.4) is 0 Å². The summed E-state index contributed by atoms with van der Waals surface area (Å²) in [5.41, 5.74) is 6.13. The van der Waals surface area contributed by atoms with E-state index in [4.69, 9.17) is 15.3 Å². The summed E-state index contributed by atoms with van der Waals surface area (Å²) in [6, 6.07) is 4.84. The van der Waals surface area contributed by atoms with Crippen LogP contribution < -0.4 is 11.1 Å². The summed E-state index contributed by atoms with van der Waals surface area (Å²) in [6.07, 6.45) is -0.638. The SMILES string of the molecule is [2H]c1ccc(C([2H])CN=C(N)NC(C)=N)cc1[2H]. The fraction of sp³-hybridized carbons (Fsp3) is 0.273. The highest BCUT2D eigenvalue weighted by Crippen LogP contribution is 1.98. The number of hydrogen-bond donors (Lipinski definition) is 3. The van der Waals surface area contributed by atoms with Gasteiger partial charge in [-0.25, -0.2) is 0 Å². The zero-order valence-corrected chi connectivity index (χ0v) is 8.54. The smallest absolute Gasteiger partial charge is 0.194 e. The summed E-state index contributed by atoms with van der Waals surface area (Å²) in [6.45, 7) is 1.68. The fourth-order valence-corrected chi connectivity index (χ4v) is 0.967. The number of hydrogen-bond acceptors (Lipinski definition) is 2. The number of amidine groups is 1. The maximum Gasteiger partial charge on any atom is 0.194 e. The molecule has 0 aromatic heterocycles. The third-order valence-electron chi connectivity index (χ3n) is 1.59. The van der Waals surface area contributed by atoms with E-state index in [9.17, 15) is 0 Å². The van der Waals surface area contributed by atoms with E-state index in [1.807, 2.05) is 0 Å². The monoisotopic (exact) mass is 207 g/mol. The van der Waals surface area contributed by atoms with Crippen LogP contribution in [0.4, 0.5) is 0 Å². The van der Waals surface area contributed by atoms with Crippen molar-refractivity contribution in [3.63, 3.8) is 0 Å². The molecule has 1 aromatic rings. The minimum atomic E-state index is -0.638. The molecule has 0 aliphatic rings. The molecule has 0 saturated heterocycles. The Morgan fingerprint density at radius 3 is 3.13 bits per heavy atom. The van der Waals surface area contributed by atoms with Gasteiger partial charge in [0.1, 0.15) is 0 Å². The average molecular weight is 207 g/mol. The molecular weight excluding hydrogens is 188 g/mol. The van der Waals surface area contributed by atoms with Crippen LogP contribution in [0.25, 0.3) is 0 Å². The molecule has 1 aromatic carbocycles. The third kappa shape index (κ3) is 4.81. The van der Waals surface area contributed by atoms with Gasteiger partial charge < -0.3 is 11.1 Å². The Balaban J connectivity index is 2.67. The lowest BCUT2D eigenvalue weighted by Crippen LogP contribution is -2.35. The van der Waals surface area contributed by atoms with Crippen molar-refractivity contribution < 1.29 is 4.11 Å². The Morgan fingerprint density at radius 2 is 2.47 bits per heavy atom. The van der Waals surface area contributed by atoms with Gasteiger partial charge in [-0.05, 0) is 18.9 Å². The van der Waals surface area contributed by atoms with Crippen molar-refractivity contribution in [1.82, 2.24) is 5.32 Å². The topological polar surface area (TPSA) is 74.3 Å². The first-order chi connectivity index (χ1) is 8.40. The first-order valence-electron chi connectivity index (χ1n) is 6.09. The summed E-state index contributed by atoms with van der Waals surface area (Å²) < 4.78 is 22.7. The number of benzene rings is 1. The molecule has 1 atom stereocenters. The quantitative estimate of drug-likeness (QED) is 0.513. The number of aliphatic imine (C=N–C) groups is 1. The fourth-order valence-electron chi connectivity index (χ4n) is 0.967. The molecule has 0 bridgehead atoms. The summed E-state index contributed by atoms with van der Waals surface area (Å²) in [4.78, 5) is 3.94. The highest BCUT2D eigenvalue weighted by Gasteiger charge is 1.92. The van der Waals surface area contributed by atoms with Gasteiger partial charge in [0.2, 0.25) is 0 Å². The predicted octanol–water partition coefficient (Wildman–Crippen LogP) is 1.13. The highest BCUT2D eigenvalue weighted by atomic mass is 15.1. The molecule has 4 nitrogen and oxygen atoms in total. The van der Waals surface area contributed by atoms with Gasteiger partial charge >= 0.3 is 0 Å². The Bertz CT molecular complexity index is 473. The largest absolute Gasteiger partial charge is 0.370 e. The van der Waals surface area contributed by atoms with Crippen LogP contribution in [0.2, 0.25) is 0 Å². The molecule has 0 aliphatic carbocycles. The van der Waals surface area contributed by atoms with Gasteiger partial charge in [-0.1, -0.05) is 30.3 Å². The first-order valence-corrected chi connectivity index (χ1v) is 4.51. The zero-order chi connectivity index (χ0) is 13.7. The second kappa shape index (κ2) is 5.80. The van der Waals surface area contributed by atoms with Gasteiger partial charge in [0, 0.05) is 7.92 Å². The molecule has 4 N–H and O–H groups in total. The molecule has 0 heterocycles. The predicted molar refractivity (Wildman–Crippen MR) is 63.2 cm³/mol. The molecule has 4 heteroatoms. The van der Waals surface area contributed by atoms with Gasteiger partial charge in [0.05, 0.1) is 8.58 Å². The molecule has 0 amide bonds. The number of rotatable bonds is 3. The third-order valence-corrected chi connectivity index (χ3v) is 1.59. The van der Waals surface area contributed by atoms with E-state index in [-0.39, 0.29) is 30.4 Å². The molecule has 15 heavy (non-hydrogen) atoms. The lowest BCUT2D eigenvalue weighted by atomic mass is 10.2. The van der Waals surface area contributed by atoms with Gasteiger partial charge in [0.25, 0.3) is 0 Å². The van der Waals surface area contributed by atoms with Crippen LogP contribution in [0.5, 0.6) is 0 Å². The van der Waals surface area contributed by atoms with Crippen LogP contribution in [-0.4, -0.2) is 18.3 Å². The van der Waals surface area contributed by atoms with Gasteiger partial charge in [-0.15, -0.1) is 0 Å². The summed E-state index contributed by atoms with van der Waals surface area (Å²) in [5.74, 6) is 0.285. The molecule has 1 unspecified atom stereocenters. The van der Waals surface area contributed by atoms with Crippen LogP contribution >= 0.6 is 0 Å². The number of nitrogens with one attached hydrogen (secondary N) is 2. The summed E-state index contributed by atoms with van der Waals surface area (Å²) in [7, 11) is 0. The van der Waals surface area contributed by atoms with Crippen LogP contribution in [0, 0.1) is 5.41 Å². The minimum absolute atomic E-state index is 0.0927. The number of nitrogens with two attached hydrogens (primary N) is 1. The molecular formula is C11H16N4. The second-order valence-corrected chi connectivity index (χ2v) is 2.95. The van der Waals surface area contributed by atoms with Crippen molar-refractivity contribution in [2.45, 2.75) is 13.3 Å². The average Bonchev–Trinajstić information content (AvgIpc) is 2.28. The Hall–Kier alpha value is -1.84. The van der Waals surface area contributed by atoms with E-state index in [2.05, 4.69) is 10.3 Å². The van der Waals surface area contributed by atoms with E-state index < -0.39 is 6.40 Å². The maximum atomic E-state index is 7.87. The van der Waals surface area contributed by atoms with E-state index in [0.717, 1.165) is 0 Å². The first kappa shape index (κ1) is 7.45. The Kier molecular flexibility index (Phi) is 2.88. The van der Waals surface area contributed by atoms with Crippen LogP contribution in [0.15, 0.2) is 35.3 Å². The molecule has 0 saturated carbocycles. The maximum absolute atomic E-state index is 7.87. The molecule has 0 fully saturated rings. The van der Waals surface area contributed by atoms with E-state index in [1.54, 1.807) is 13.0 Å². The van der Waals surface area contributed by atoms with Crippen LogP contribution in [-0.2, 0) is 6.40 Å². The Labute approximate surface area is 93.9 Å². The van der Waals surface area contributed by atoms with Crippen molar-refractivity contribution in [3.8, 4) is 0 Å². The molecule has 0 spiro atoms.